The summed E-state index contributed by atoms with van der Waals surface area (Å²) in [4.78, 5) is 25.2. The van der Waals surface area contributed by atoms with Crippen molar-refractivity contribution in [3.05, 3.63) is 57.6 Å². The van der Waals surface area contributed by atoms with Gasteiger partial charge in [0.15, 0.2) is 11.6 Å². The molecule has 0 saturated carbocycles. The fourth-order valence-electron chi connectivity index (χ4n) is 2.69. The van der Waals surface area contributed by atoms with Crippen LogP contribution in [0.2, 0.25) is 0 Å². The average molecular weight is 268 g/mol. The van der Waals surface area contributed by atoms with E-state index in [0.717, 1.165) is 0 Å². The van der Waals surface area contributed by atoms with Crippen molar-refractivity contribution >= 4 is 11.6 Å². The van der Waals surface area contributed by atoms with Crippen molar-refractivity contribution in [2.75, 3.05) is 0 Å². The molecule has 0 bridgehead atoms. The Labute approximate surface area is 115 Å². The lowest BCUT2D eigenvalue weighted by Crippen LogP contribution is -2.23. The second-order valence-electron chi connectivity index (χ2n) is 4.96. The van der Waals surface area contributed by atoms with Crippen molar-refractivity contribution < 1.29 is 19.8 Å². The molecule has 0 amide bonds. The molecule has 1 aliphatic carbocycles. The van der Waals surface area contributed by atoms with Gasteiger partial charge in [-0.25, -0.2) is 0 Å². The number of hydrogen-bond acceptors (Lipinski definition) is 4. The van der Waals surface area contributed by atoms with Crippen molar-refractivity contribution in [3.8, 4) is 11.5 Å². The first-order valence-corrected chi connectivity index (χ1v) is 6.18. The minimum atomic E-state index is -0.427. The Hall–Kier alpha value is -2.62. The third-order valence-electron chi connectivity index (χ3n) is 3.69. The molecular weight excluding hydrogens is 256 g/mol. The van der Waals surface area contributed by atoms with Crippen LogP contribution < -0.4 is 0 Å². The highest BCUT2D eigenvalue weighted by atomic mass is 16.3. The van der Waals surface area contributed by atoms with E-state index in [2.05, 4.69) is 0 Å². The summed E-state index contributed by atoms with van der Waals surface area (Å²) in [6.45, 7) is 3.39. The first-order chi connectivity index (χ1) is 9.43. The zero-order valence-electron chi connectivity index (χ0n) is 11.0. The number of fused-ring (bicyclic) bond motifs is 2. The van der Waals surface area contributed by atoms with Gasteiger partial charge in [0.2, 0.25) is 0 Å². The first-order valence-electron chi connectivity index (χ1n) is 6.18. The topological polar surface area (TPSA) is 74.6 Å². The molecule has 0 aliphatic heterocycles. The van der Waals surface area contributed by atoms with Crippen LogP contribution in [0.3, 0.4) is 0 Å². The van der Waals surface area contributed by atoms with Crippen LogP contribution in [0.4, 0.5) is 0 Å². The van der Waals surface area contributed by atoms with Gasteiger partial charge in [0, 0.05) is 11.1 Å². The SMILES string of the molecule is Cc1ccc(O)c2c1C(=O)c1c(O)ccc(C)c1C2=O. The number of carbonyl (C=O) groups excluding carboxylic acids is 2. The van der Waals surface area contributed by atoms with E-state index in [-0.39, 0.29) is 33.8 Å². The highest BCUT2D eigenvalue weighted by molar-refractivity contribution is 6.31. The fourth-order valence-corrected chi connectivity index (χ4v) is 2.69. The number of aryl methyl sites for hydroxylation is 2. The van der Waals surface area contributed by atoms with E-state index in [1.807, 2.05) is 0 Å². The summed E-state index contributed by atoms with van der Waals surface area (Å²) in [6, 6.07) is 5.97. The minimum Gasteiger partial charge on any atom is -0.507 e. The Morgan fingerprint density at radius 1 is 0.650 bits per heavy atom. The maximum absolute atomic E-state index is 12.6. The van der Waals surface area contributed by atoms with Gasteiger partial charge in [-0.3, -0.25) is 9.59 Å². The number of ketones is 2. The molecule has 0 saturated heterocycles. The Balaban J connectivity index is 2.46. The summed E-state index contributed by atoms with van der Waals surface area (Å²) in [5.41, 5.74) is 1.59. The van der Waals surface area contributed by atoms with Gasteiger partial charge >= 0.3 is 0 Å². The van der Waals surface area contributed by atoms with Gasteiger partial charge in [-0.05, 0) is 37.1 Å². The van der Waals surface area contributed by atoms with Crippen LogP contribution in [-0.2, 0) is 0 Å². The van der Waals surface area contributed by atoms with Crippen LogP contribution in [0.15, 0.2) is 24.3 Å². The number of phenolic OH excluding ortho intramolecular Hbond substituents is 2. The van der Waals surface area contributed by atoms with Gasteiger partial charge in [0.05, 0.1) is 11.1 Å². The van der Waals surface area contributed by atoms with Gasteiger partial charge in [0.1, 0.15) is 11.5 Å². The molecule has 1 aliphatic rings. The Kier molecular flexibility index (Phi) is 2.44. The minimum absolute atomic E-state index is 0.0243. The number of aromatic hydroxyl groups is 2. The van der Waals surface area contributed by atoms with Gasteiger partial charge in [-0.2, -0.15) is 0 Å². The molecule has 0 fully saturated rings. The zero-order valence-corrected chi connectivity index (χ0v) is 11.0. The molecule has 0 atom stereocenters. The van der Waals surface area contributed by atoms with Crippen molar-refractivity contribution in [1.29, 1.82) is 0 Å². The molecule has 0 radical (unpaired) electrons. The van der Waals surface area contributed by atoms with Crippen molar-refractivity contribution in [2.24, 2.45) is 0 Å². The molecule has 2 aromatic rings. The van der Waals surface area contributed by atoms with Crippen molar-refractivity contribution in [2.45, 2.75) is 13.8 Å². The summed E-state index contributed by atoms with van der Waals surface area (Å²) in [5.74, 6) is -1.27. The molecule has 2 aromatic carbocycles. The molecule has 20 heavy (non-hydrogen) atoms. The van der Waals surface area contributed by atoms with E-state index in [4.69, 9.17) is 0 Å². The summed E-state index contributed by atoms with van der Waals surface area (Å²) >= 11 is 0. The summed E-state index contributed by atoms with van der Waals surface area (Å²) in [5, 5.41) is 19.8. The van der Waals surface area contributed by atoms with Crippen LogP contribution in [-0.4, -0.2) is 21.8 Å². The standard InChI is InChI=1S/C16H12O4/c1-7-3-5-9(17)13-11(7)15(19)14-10(18)6-4-8(2)12(14)16(13)20/h3-6,17-18H,1-2H3. The second kappa shape index (κ2) is 3.93. The molecule has 0 spiro atoms. The van der Waals surface area contributed by atoms with Gasteiger partial charge < -0.3 is 10.2 Å². The monoisotopic (exact) mass is 268 g/mol. The summed E-state index contributed by atoms with van der Waals surface area (Å²) in [6.07, 6.45) is 0. The number of phenols is 2. The number of hydrogen-bond donors (Lipinski definition) is 2. The normalized spacial score (nSPS) is 13.1. The van der Waals surface area contributed by atoms with Gasteiger partial charge in [0.25, 0.3) is 0 Å². The van der Waals surface area contributed by atoms with Crippen LogP contribution in [0, 0.1) is 13.8 Å². The Morgan fingerprint density at radius 3 is 1.35 bits per heavy atom. The lowest BCUT2D eigenvalue weighted by Gasteiger charge is -2.22. The van der Waals surface area contributed by atoms with E-state index in [0.29, 0.717) is 11.1 Å². The van der Waals surface area contributed by atoms with Crippen LogP contribution in [0.5, 0.6) is 11.5 Å². The van der Waals surface area contributed by atoms with E-state index in [1.54, 1.807) is 26.0 Å². The quantitative estimate of drug-likeness (QED) is 0.657. The van der Waals surface area contributed by atoms with E-state index in [9.17, 15) is 19.8 Å². The lowest BCUT2D eigenvalue weighted by molar-refractivity contribution is 0.0973. The molecule has 0 heterocycles. The number of benzene rings is 2. The molecule has 2 N–H and O–H groups in total. The third kappa shape index (κ3) is 1.42. The predicted molar refractivity (Wildman–Crippen MR) is 72.6 cm³/mol. The van der Waals surface area contributed by atoms with Crippen LogP contribution in [0.25, 0.3) is 0 Å². The lowest BCUT2D eigenvalue weighted by atomic mass is 9.79. The zero-order chi connectivity index (χ0) is 14.6. The Morgan fingerprint density at radius 2 is 1.00 bits per heavy atom. The van der Waals surface area contributed by atoms with E-state index in [1.165, 1.54) is 12.1 Å². The molecule has 100 valence electrons. The van der Waals surface area contributed by atoms with Crippen LogP contribution in [0.1, 0.15) is 43.0 Å². The van der Waals surface area contributed by atoms with Gasteiger partial charge in [-0.15, -0.1) is 0 Å². The first kappa shape index (κ1) is 12.4. The van der Waals surface area contributed by atoms with Crippen molar-refractivity contribution in [1.82, 2.24) is 0 Å². The van der Waals surface area contributed by atoms with Crippen molar-refractivity contribution in [3.63, 3.8) is 0 Å². The Bertz CT molecular complexity index is 658. The molecule has 4 nitrogen and oxygen atoms in total. The molecule has 4 heteroatoms. The van der Waals surface area contributed by atoms with Gasteiger partial charge in [-0.1, -0.05) is 12.1 Å². The van der Waals surface area contributed by atoms with E-state index < -0.39 is 11.6 Å². The van der Waals surface area contributed by atoms with E-state index >= 15 is 0 Å². The smallest absolute Gasteiger partial charge is 0.198 e. The maximum atomic E-state index is 12.6. The second-order valence-corrected chi connectivity index (χ2v) is 4.96. The molecule has 3 rings (SSSR count). The molecular formula is C16H12O4. The fraction of sp³-hybridized carbons (Fsp3) is 0.125. The highest BCUT2D eigenvalue weighted by Gasteiger charge is 2.36. The number of rotatable bonds is 0. The van der Waals surface area contributed by atoms with Crippen LogP contribution >= 0.6 is 0 Å². The highest BCUT2D eigenvalue weighted by Crippen LogP contribution is 2.38. The maximum Gasteiger partial charge on any atom is 0.198 e. The summed E-state index contributed by atoms with van der Waals surface area (Å²) in [7, 11) is 0. The average Bonchev–Trinajstić information content (AvgIpc) is 2.41. The molecule has 0 unspecified atom stereocenters. The largest absolute Gasteiger partial charge is 0.507 e. The third-order valence-corrected chi connectivity index (χ3v) is 3.69. The number of carbonyl (C=O) groups is 2. The predicted octanol–water partition coefficient (Wildman–Crippen LogP) is 2.49. The molecule has 0 aromatic heterocycles. The summed E-state index contributed by atoms with van der Waals surface area (Å²) < 4.78 is 0.